The van der Waals surface area contributed by atoms with Crippen LogP contribution in [0.1, 0.15) is 18.9 Å². The van der Waals surface area contributed by atoms with Gasteiger partial charge in [-0.3, -0.25) is 4.98 Å². The van der Waals surface area contributed by atoms with Crippen LogP contribution in [0.3, 0.4) is 0 Å². The second kappa shape index (κ2) is 5.67. The zero-order valence-electron chi connectivity index (χ0n) is 9.18. The predicted molar refractivity (Wildman–Crippen MR) is 65.1 cm³/mol. The molecule has 4 nitrogen and oxygen atoms in total. The van der Waals surface area contributed by atoms with Gasteiger partial charge in [-0.1, -0.05) is 6.92 Å². The van der Waals surface area contributed by atoms with Gasteiger partial charge in [0.05, 0.1) is 10.4 Å². The third kappa shape index (κ3) is 2.84. The van der Waals surface area contributed by atoms with Crippen molar-refractivity contribution in [2.24, 2.45) is 0 Å². The zero-order chi connectivity index (χ0) is 11.2. The van der Waals surface area contributed by atoms with Gasteiger partial charge in [-0.15, -0.1) is 11.3 Å². The zero-order valence-corrected chi connectivity index (χ0v) is 10.00. The SMILES string of the molecule is CCCNCc1cnc(-c2cncs2)nc1. The van der Waals surface area contributed by atoms with E-state index < -0.39 is 0 Å². The number of hydrogen-bond donors (Lipinski definition) is 1. The Morgan fingerprint density at radius 1 is 1.25 bits per heavy atom. The first-order valence-corrected chi connectivity index (χ1v) is 6.18. The van der Waals surface area contributed by atoms with Crippen LogP contribution in [0.5, 0.6) is 0 Å². The Hall–Kier alpha value is -1.33. The summed E-state index contributed by atoms with van der Waals surface area (Å²) in [6.45, 7) is 4.00. The van der Waals surface area contributed by atoms with Crippen LogP contribution < -0.4 is 5.32 Å². The van der Waals surface area contributed by atoms with E-state index in [2.05, 4.69) is 27.2 Å². The highest BCUT2D eigenvalue weighted by molar-refractivity contribution is 7.13. The van der Waals surface area contributed by atoms with E-state index in [1.54, 1.807) is 23.0 Å². The summed E-state index contributed by atoms with van der Waals surface area (Å²) < 4.78 is 0. The van der Waals surface area contributed by atoms with Crippen molar-refractivity contribution in [3.63, 3.8) is 0 Å². The Balaban J connectivity index is 2.00. The maximum atomic E-state index is 4.32. The molecule has 2 heterocycles. The molecule has 0 spiro atoms. The lowest BCUT2D eigenvalue weighted by Gasteiger charge is -2.02. The van der Waals surface area contributed by atoms with E-state index in [0.717, 1.165) is 35.8 Å². The normalized spacial score (nSPS) is 10.6. The molecular weight excluding hydrogens is 220 g/mol. The minimum Gasteiger partial charge on any atom is -0.313 e. The van der Waals surface area contributed by atoms with Gasteiger partial charge in [-0.25, -0.2) is 9.97 Å². The Kier molecular flexibility index (Phi) is 3.96. The summed E-state index contributed by atoms with van der Waals surface area (Å²) in [6, 6.07) is 0. The Labute approximate surface area is 98.8 Å². The van der Waals surface area contributed by atoms with Crippen molar-refractivity contribution in [3.8, 4) is 10.7 Å². The first kappa shape index (κ1) is 11.2. The minimum absolute atomic E-state index is 0.752. The number of rotatable bonds is 5. The van der Waals surface area contributed by atoms with Gasteiger partial charge >= 0.3 is 0 Å². The van der Waals surface area contributed by atoms with E-state index >= 15 is 0 Å². The van der Waals surface area contributed by atoms with E-state index in [0.29, 0.717) is 0 Å². The number of hydrogen-bond acceptors (Lipinski definition) is 5. The fourth-order valence-corrected chi connectivity index (χ4v) is 1.88. The van der Waals surface area contributed by atoms with Crippen LogP contribution in [0.15, 0.2) is 24.1 Å². The van der Waals surface area contributed by atoms with E-state index in [1.807, 2.05) is 12.4 Å². The molecule has 0 aliphatic carbocycles. The fourth-order valence-electron chi connectivity index (χ4n) is 1.31. The summed E-state index contributed by atoms with van der Waals surface area (Å²) in [5, 5.41) is 3.32. The van der Waals surface area contributed by atoms with Crippen LogP contribution >= 0.6 is 11.3 Å². The molecule has 2 aromatic rings. The summed E-state index contributed by atoms with van der Waals surface area (Å²) in [5.41, 5.74) is 2.90. The molecule has 16 heavy (non-hydrogen) atoms. The molecule has 0 amide bonds. The van der Waals surface area contributed by atoms with Gasteiger partial charge in [0.2, 0.25) is 0 Å². The quantitative estimate of drug-likeness (QED) is 0.805. The van der Waals surface area contributed by atoms with Crippen molar-refractivity contribution in [1.29, 1.82) is 0 Å². The maximum absolute atomic E-state index is 4.32. The van der Waals surface area contributed by atoms with Gasteiger partial charge in [-0.2, -0.15) is 0 Å². The van der Waals surface area contributed by atoms with Crippen LogP contribution in [0, 0.1) is 0 Å². The highest BCUT2D eigenvalue weighted by atomic mass is 32.1. The summed E-state index contributed by atoms with van der Waals surface area (Å²) in [7, 11) is 0. The molecule has 0 aliphatic heterocycles. The Morgan fingerprint density at radius 2 is 2.06 bits per heavy atom. The third-order valence-corrected chi connectivity index (χ3v) is 2.88. The average Bonchev–Trinajstić information content (AvgIpc) is 2.84. The van der Waals surface area contributed by atoms with E-state index in [-0.39, 0.29) is 0 Å². The second-order valence-electron chi connectivity index (χ2n) is 3.46. The van der Waals surface area contributed by atoms with E-state index in [4.69, 9.17) is 0 Å². The molecule has 2 rings (SSSR count). The van der Waals surface area contributed by atoms with E-state index in [1.165, 1.54) is 0 Å². The summed E-state index contributed by atoms with van der Waals surface area (Å²) in [5.74, 6) is 0.752. The van der Waals surface area contributed by atoms with Gasteiger partial charge < -0.3 is 5.32 Å². The molecule has 0 saturated carbocycles. The Bertz CT molecular complexity index is 410. The highest BCUT2D eigenvalue weighted by Crippen LogP contribution is 2.18. The number of nitrogens with one attached hydrogen (secondary N) is 1. The molecule has 84 valence electrons. The molecule has 0 radical (unpaired) electrons. The lowest BCUT2D eigenvalue weighted by atomic mass is 10.3. The van der Waals surface area contributed by atoms with Crippen molar-refractivity contribution in [3.05, 3.63) is 29.7 Å². The van der Waals surface area contributed by atoms with Crippen LogP contribution in [-0.2, 0) is 6.54 Å². The standard InChI is InChI=1S/C11H14N4S/c1-2-3-12-4-9-5-14-11(15-6-9)10-7-13-8-16-10/h5-8,12H,2-4H2,1H3. The topological polar surface area (TPSA) is 50.7 Å². The van der Waals surface area contributed by atoms with Crippen molar-refractivity contribution in [2.45, 2.75) is 19.9 Å². The first-order chi connectivity index (χ1) is 7.90. The molecule has 0 bridgehead atoms. The lowest BCUT2D eigenvalue weighted by Crippen LogP contribution is -2.14. The van der Waals surface area contributed by atoms with Crippen LogP contribution in [0.25, 0.3) is 10.7 Å². The van der Waals surface area contributed by atoms with Crippen LogP contribution in [0.2, 0.25) is 0 Å². The molecule has 0 saturated heterocycles. The third-order valence-electron chi connectivity index (χ3n) is 2.11. The molecule has 0 unspecified atom stereocenters. The second-order valence-corrected chi connectivity index (χ2v) is 4.34. The molecule has 1 N–H and O–H groups in total. The predicted octanol–water partition coefficient (Wildman–Crippen LogP) is 2.10. The summed E-state index contributed by atoms with van der Waals surface area (Å²) >= 11 is 1.55. The monoisotopic (exact) mass is 234 g/mol. The summed E-state index contributed by atoms with van der Waals surface area (Å²) in [6.07, 6.45) is 6.66. The highest BCUT2D eigenvalue weighted by Gasteiger charge is 2.02. The largest absolute Gasteiger partial charge is 0.313 e. The number of thiazole rings is 1. The molecular formula is C11H14N4S. The number of nitrogens with zero attached hydrogens (tertiary/aromatic N) is 3. The van der Waals surface area contributed by atoms with Gasteiger partial charge in [0, 0.05) is 30.7 Å². The fraction of sp³-hybridized carbons (Fsp3) is 0.364. The molecule has 0 atom stereocenters. The van der Waals surface area contributed by atoms with E-state index in [9.17, 15) is 0 Å². The van der Waals surface area contributed by atoms with Crippen molar-refractivity contribution in [2.75, 3.05) is 6.54 Å². The molecule has 0 fully saturated rings. The van der Waals surface area contributed by atoms with Crippen molar-refractivity contribution >= 4 is 11.3 Å². The molecule has 2 aromatic heterocycles. The lowest BCUT2D eigenvalue weighted by molar-refractivity contribution is 0.672. The van der Waals surface area contributed by atoms with Crippen molar-refractivity contribution in [1.82, 2.24) is 20.3 Å². The summed E-state index contributed by atoms with van der Waals surface area (Å²) in [4.78, 5) is 13.7. The minimum atomic E-state index is 0.752. The van der Waals surface area contributed by atoms with Crippen LogP contribution in [0.4, 0.5) is 0 Å². The van der Waals surface area contributed by atoms with Gasteiger partial charge in [-0.05, 0) is 13.0 Å². The molecule has 0 aromatic carbocycles. The number of aromatic nitrogens is 3. The van der Waals surface area contributed by atoms with Gasteiger partial charge in [0.25, 0.3) is 0 Å². The van der Waals surface area contributed by atoms with Gasteiger partial charge in [0.15, 0.2) is 5.82 Å². The smallest absolute Gasteiger partial charge is 0.171 e. The van der Waals surface area contributed by atoms with Crippen LogP contribution in [-0.4, -0.2) is 21.5 Å². The van der Waals surface area contributed by atoms with Gasteiger partial charge in [0.1, 0.15) is 0 Å². The maximum Gasteiger partial charge on any atom is 0.171 e. The first-order valence-electron chi connectivity index (χ1n) is 5.30. The molecule has 5 heteroatoms. The molecule has 0 aliphatic rings. The average molecular weight is 234 g/mol. The van der Waals surface area contributed by atoms with Crippen molar-refractivity contribution < 1.29 is 0 Å². The Morgan fingerprint density at radius 3 is 2.69 bits per heavy atom.